The molecule has 1 aromatic carbocycles. The highest BCUT2D eigenvalue weighted by atomic mass is 35.5. The maximum absolute atomic E-state index is 5.91. The highest BCUT2D eigenvalue weighted by molar-refractivity contribution is 7.99. The Hall–Kier alpha value is -0.220. The normalized spacial score (nSPS) is 10.2. The van der Waals surface area contributed by atoms with Crippen LogP contribution in [0.15, 0.2) is 29.2 Å². The Balaban J connectivity index is 2.46. The molecule has 0 aliphatic heterocycles. The average Bonchev–Trinajstić information content (AvgIpc) is 2.09. The summed E-state index contributed by atoms with van der Waals surface area (Å²) in [5, 5.41) is 0.777. The lowest BCUT2D eigenvalue weighted by atomic mass is 10.4. The second kappa shape index (κ2) is 5.43. The highest BCUT2D eigenvalue weighted by Crippen LogP contribution is 2.25. The Morgan fingerprint density at radius 3 is 2.83 bits per heavy atom. The van der Waals surface area contributed by atoms with Crippen molar-refractivity contribution >= 4 is 23.4 Å². The minimum Gasteiger partial charge on any atom is -0.304 e. The molecule has 0 aliphatic carbocycles. The van der Waals surface area contributed by atoms with Gasteiger partial charge in [0.1, 0.15) is 0 Å². The predicted octanol–water partition coefficient (Wildman–Crippen LogP) is 2.32. The Morgan fingerprint density at radius 1 is 1.42 bits per heavy atom. The Kier molecular flexibility index (Phi) is 4.46. The first kappa shape index (κ1) is 9.86. The minimum absolute atomic E-state index is 0.538. The molecule has 4 heteroatoms. The molecule has 1 aromatic rings. The molecule has 0 aromatic heterocycles. The summed E-state index contributed by atoms with van der Waals surface area (Å²) in [7, 11) is 0. The Bertz CT molecular complexity index is 244. The number of hydrogen-bond donors (Lipinski definition) is 1. The molecular weight excluding hydrogens is 194 g/mol. The van der Waals surface area contributed by atoms with Gasteiger partial charge in [-0.25, -0.2) is 5.90 Å². The summed E-state index contributed by atoms with van der Waals surface area (Å²) in [5.74, 6) is 5.70. The van der Waals surface area contributed by atoms with E-state index in [1.54, 1.807) is 11.8 Å². The van der Waals surface area contributed by atoms with Crippen LogP contribution < -0.4 is 5.90 Å². The molecule has 0 spiro atoms. The third-order valence-corrected chi connectivity index (χ3v) is 2.77. The Labute approximate surface area is 81.0 Å². The zero-order chi connectivity index (χ0) is 8.81. The third-order valence-electron chi connectivity index (χ3n) is 1.30. The van der Waals surface area contributed by atoms with E-state index in [4.69, 9.17) is 17.5 Å². The van der Waals surface area contributed by atoms with Gasteiger partial charge in [0.25, 0.3) is 0 Å². The van der Waals surface area contributed by atoms with Crippen LogP contribution in [0.2, 0.25) is 5.02 Å². The molecular formula is C8H10ClNOS. The van der Waals surface area contributed by atoms with Crippen LogP contribution >= 0.6 is 23.4 Å². The van der Waals surface area contributed by atoms with E-state index in [9.17, 15) is 0 Å². The molecule has 0 saturated heterocycles. The molecule has 1 rings (SSSR count). The van der Waals surface area contributed by atoms with E-state index in [-0.39, 0.29) is 0 Å². The summed E-state index contributed by atoms with van der Waals surface area (Å²) < 4.78 is 0. The maximum Gasteiger partial charge on any atom is 0.0773 e. The second-order valence-electron chi connectivity index (χ2n) is 2.15. The van der Waals surface area contributed by atoms with E-state index in [0.29, 0.717) is 6.61 Å². The first-order valence-corrected chi connectivity index (χ1v) is 4.90. The fraction of sp³-hybridized carbons (Fsp3) is 0.250. The largest absolute Gasteiger partial charge is 0.304 e. The monoisotopic (exact) mass is 203 g/mol. The van der Waals surface area contributed by atoms with E-state index in [0.717, 1.165) is 15.7 Å². The van der Waals surface area contributed by atoms with Crippen molar-refractivity contribution in [2.24, 2.45) is 5.90 Å². The van der Waals surface area contributed by atoms with Gasteiger partial charge in [0, 0.05) is 10.6 Å². The molecule has 0 aliphatic rings. The molecule has 0 bridgehead atoms. The van der Waals surface area contributed by atoms with Gasteiger partial charge in [-0.2, -0.15) is 0 Å². The quantitative estimate of drug-likeness (QED) is 0.464. The molecule has 0 atom stereocenters. The van der Waals surface area contributed by atoms with Crippen molar-refractivity contribution < 1.29 is 4.84 Å². The summed E-state index contributed by atoms with van der Waals surface area (Å²) in [5.41, 5.74) is 0. The predicted molar refractivity (Wildman–Crippen MR) is 52.3 cm³/mol. The van der Waals surface area contributed by atoms with Crippen molar-refractivity contribution in [1.82, 2.24) is 0 Å². The smallest absolute Gasteiger partial charge is 0.0773 e. The van der Waals surface area contributed by atoms with Crippen LogP contribution in [0.5, 0.6) is 0 Å². The number of thioether (sulfide) groups is 1. The van der Waals surface area contributed by atoms with E-state index in [2.05, 4.69) is 4.84 Å². The van der Waals surface area contributed by atoms with Crippen molar-refractivity contribution in [3.8, 4) is 0 Å². The zero-order valence-corrected chi connectivity index (χ0v) is 8.07. The molecule has 0 heterocycles. The van der Waals surface area contributed by atoms with Crippen molar-refractivity contribution in [2.45, 2.75) is 4.90 Å². The van der Waals surface area contributed by atoms with Crippen molar-refractivity contribution in [1.29, 1.82) is 0 Å². The Morgan fingerprint density at radius 2 is 2.17 bits per heavy atom. The van der Waals surface area contributed by atoms with Gasteiger partial charge in [0.15, 0.2) is 0 Å². The van der Waals surface area contributed by atoms with Gasteiger partial charge in [-0.3, -0.25) is 0 Å². The molecule has 0 unspecified atom stereocenters. The molecule has 0 amide bonds. The average molecular weight is 204 g/mol. The van der Waals surface area contributed by atoms with E-state index in [1.807, 2.05) is 24.3 Å². The number of rotatable bonds is 4. The zero-order valence-electron chi connectivity index (χ0n) is 6.50. The van der Waals surface area contributed by atoms with Crippen LogP contribution in [-0.2, 0) is 4.84 Å². The van der Waals surface area contributed by atoms with Crippen LogP contribution in [0.3, 0.4) is 0 Å². The SMILES string of the molecule is NOCCSc1ccccc1Cl. The van der Waals surface area contributed by atoms with Gasteiger partial charge in [0.05, 0.1) is 11.6 Å². The van der Waals surface area contributed by atoms with Crippen LogP contribution in [0.4, 0.5) is 0 Å². The van der Waals surface area contributed by atoms with Crippen molar-refractivity contribution in [3.63, 3.8) is 0 Å². The third kappa shape index (κ3) is 3.03. The van der Waals surface area contributed by atoms with Crippen LogP contribution in [0.1, 0.15) is 0 Å². The van der Waals surface area contributed by atoms with Crippen molar-refractivity contribution in [2.75, 3.05) is 12.4 Å². The summed E-state index contributed by atoms with van der Waals surface area (Å²) >= 11 is 7.54. The van der Waals surface area contributed by atoms with Gasteiger partial charge in [-0.05, 0) is 12.1 Å². The fourth-order valence-electron chi connectivity index (χ4n) is 0.762. The molecule has 0 saturated carbocycles. The number of hydrogen-bond acceptors (Lipinski definition) is 3. The molecule has 12 heavy (non-hydrogen) atoms. The van der Waals surface area contributed by atoms with Gasteiger partial charge < -0.3 is 4.84 Å². The lowest BCUT2D eigenvalue weighted by molar-refractivity contribution is 0.155. The van der Waals surface area contributed by atoms with Gasteiger partial charge in [-0.1, -0.05) is 23.7 Å². The number of benzene rings is 1. The fourth-order valence-corrected chi connectivity index (χ4v) is 1.84. The summed E-state index contributed by atoms with van der Waals surface area (Å²) in [6, 6.07) is 7.71. The maximum atomic E-state index is 5.91. The standard InChI is InChI=1S/C8H10ClNOS/c9-7-3-1-2-4-8(7)12-6-5-11-10/h1-4H,5-6,10H2. The number of halogens is 1. The first-order valence-electron chi connectivity index (χ1n) is 3.53. The van der Waals surface area contributed by atoms with Crippen LogP contribution in [-0.4, -0.2) is 12.4 Å². The van der Waals surface area contributed by atoms with E-state index >= 15 is 0 Å². The van der Waals surface area contributed by atoms with Crippen molar-refractivity contribution in [3.05, 3.63) is 29.3 Å². The van der Waals surface area contributed by atoms with E-state index in [1.165, 1.54) is 0 Å². The topological polar surface area (TPSA) is 35.2 Å². The first-order chi connectivity index (χ1) is 5.84. The van der Waals surface area contributed by atoms with Gasteiger partial charge in [0.2, 0.25) is 0 Å². The summed E-state index contributed by atoms with van der Waals surface area (Å²) in [6.45, 7) is 0.538. The van der Waals surface area contributed by atoms with Gasteiger partial charge >= 0.3 is 0 Å². The van der Waals surface area contributed by atoms with Gasteiger partial charge in [-0.15, -0.1) is 11.8 Å². The molecule has 0 radical (unpaired) electrons. The van der Waals surface area contributed by atoms with Crippen LogP contribution in [0, 0.1) is 0 Å². The highest BCUT2D eigenvalue weighted by Gasteiger charge is 1.97. The summed E-state index contributed by atoms with van der Waals surface area (Å²) in [4.78, 5) is 5.51. The lowest BCUT2D eigenvalue weighted by Crippen LogP contribution is -2.02. The minimum atomic E-state index is 0.538. The molecule has 66 valence electrons. The van der Waals surface area contributed by atoms with E-state index < -0.39 is 0 Å². The molecule has 0 fully saturated rings. The summed E-state index contributed by atoms with van der Waals surface area (Å²) in [6.07, 6.45) is 0. The second-order valence-corrected chi connectivity index (χ2v) is 3.69. The lowest BCUT2D eigenvalue weighted by Gasteiger charge is -2.01. The molecule has 2 N–H and O–H groups in total. The molecule has 2 nitrogen and oxygen atoms in total. The number of nitrogens with two attached hydrogens (primary N) is 1. The van der Waals surface area contributed by atoms with Crippen LogP contribution in [0.25, 0.3) is 0 Å².